The summed E-state index contributed by atoms with van der Waals surface area (Å²) in [6, 6.07) is 17.5. The van der Waals surface area contributed by atoms with Gasteiger partial charge in [-0.05, 0) is 36.8 Å². The Bertz CT molecular complexity index is 789. The van der Waals surface area contributed by atoms with Crippen LogP contribution in [0.25, 0.3) is 10.9 Å². The molecule has 0 saturated carbocycles. The van der Waals surface area contributed by atoms with Crippen molar-refractivity contribution in [1.29, 1.82) is 0 Å². The van der Waals surface area contributed by atoms with Crippen LogP contribution in [-0.2, 0) is 0 Å². The SMILES string of the molecule is CC(=NNc1cccc2cccnc12)c1ccc(Cl)cc1. The molecule has 0 aliphatic carbocycles. The predicted molar refractivity (Wildman–Crippen MR) is 89.0 cm³/mol. The van der Waals surface area contributed by atoms with E-state index in [4.69, 9.17) is 11.6 Å². The predicted octanol–water partition coefficient (Wildman–Crippen LogP) is 4.72. The Morgan fingerprint density at radius 1 is 1.05 bits per heavy atom. The molecule has 104 valence electrons. The molecule has 0 radical (unpaired) electrons. The van der Waals surface area contributed by atoms with E-state index in [2.05, 4.69) is 15.5 Å². The quantitative estimate of drug-likeness (QED) is 0.560. The molecule has 0 bridgehead atoms. The van der Waals surface area contributed by atoms with Gasteiger partial charge in [0.25, 0.3) is 0 Å². The first kappa shape index (κ1) is 13.6. The molecule has 0 unspecified atom stereocenters. The number of para-hydroxylation sites is 1. The molecule has 3 aromatic rings. The third-order valence-electron chi connectivity index (χ3n) is 3.24. The Labute approximate surface area is 128 Å². The minimum absolute atomic E-state index is 0.720. The van der Waals surface area contributed by atoms with Crippen molar-refractivity contribution >= 4 is 33.9 Å². The van der Waals surface area contributed by atoms with E-state index in [1.54, 1.807) is 6.20 Å². The Morgan fingerprint density at radius 2 is 1.81 bits per heavy atom. The maximum absolute atomic E-state index is 5.89. The highest BCUT2D eigenvalue weighted by atomic mass is 35.5. The molecule has 21 heavy (non-hydrogen) atoms. The van der Waals surface area contributed by atoms with Crippen LogP contribution >= 0.6 is 11.6 Å². The van der Waals surface area contributed by atoms with Gasteiger partial charge in [-0.3, -0.25) is 10.4 Å². The lowest BCUT2D eigenvalue weighted by Crippen LogP contribution is -2.00. The summed E-state index contributed by atoms with van der Waals surface area (Å²) in [4.78, 5) is 4.39. The van der Waals surface area contributed by atoms with E-state index < -0.39 is 0 Å². The molecule has 0 atom stereocenters. The summed E-state index contributed by atoms with van der Waals surface area (Å²) in [5.74, 6) is 0. The molecule has 1 N–H and O–H groups in total. The molecule has 3 nitrogen and oxygen atoms in total. The number of aromatic nitrogens is 1. The first-order valence-electron chi connectivity index (χ1n) is 6.64. The molecule has 1 aromatic heterocycles. The van der Waals surface area contributed by atoms with Gasteiger partial charge < -0.3 is 0 Å². The molecule has 0 aliphatic rings. The highest BCUT2D eigenvalue weighted by molar-refractivity contribution is 6.30. The average Bonchev–Trinajstić information content (AvgIpc) is 2.53. The number of nitrogens with zero attached hydrogens (tertiary/aromatic N) is 2. The number of halogens is 1. The molecule has 0 amide bonds. The number of nitrogens with one attached hydrogen (secondary N) is 1. The lowest BCUT2D eigenvalue weighted by Gasteiger charge is -2.06. The van der Waals surface area contributed by atoms with Crippen molar-refractivity contribution in [2.75, 3.05) is 5.43 Å². The van der Waals surface area contributed by atoms with Crippen LogP contribution in [0, 0.1) is 0 Å². The van der Waals surface area contributed by atoms with Crippen molar-refractivity contribution in [3.8, 4) is 0 Å². The van der Waals surface area contributed by atoms with Gasteiger partial charge in [0.15, 0.2) is 0 Å². The lowest BCUT2D eigenvalue weighted by atomic mass is 10.1. The molecule has 1 heterocycles. The largest absolute Gasteiger partial charge is 0.276 e. The molecular weight excluding hydrogens is 282 g/mol. The minimum atomic E-state index is 0.720. The minimum Gasteiger partial charge on any atom is -0.276 e. The second-order valence-corrected chi connectivity index (χ2v) is 5.13. The first-order valence-corrected chi connectivity index (χ1v) is 7.02. The van der Waals surface area contributed by atoms with Crippen molar-refractivity contribution in [1.82, 2.24) is 4.98 Å². The second kappa shape index (κ2) is 5.94. The number of hydrogen-bond acceptors (Lipinski definition) is 3. The summed E-state index contributed by atoms with van der Waals surface area (Å²) in [6.07, 6.45) is 1.78. The van der Waals surface area contributed by atoms with Crippen LogP contribution in [0.5, 0.6) is 0 Å². The van der Waals surface area contributed by atoms with Gasteiger partial charge in [0.1, 0.15) is 0 Å². The van der Waals surface area contributed by atoms with Crippen LogP contribution in [0.2, 0.25) is 5.02 Å². The van der Waals surface area contributed by atoms with Gasteiger partial charge in [0.05, 0.1) is 16.9 Å². The van der Waals surface area contributed by atoms with Gasteiger partial charge in [-0.1, -0.05) is 41.9 Å². The number of hydrazone groups is 1. The number of pyridine rings is 1. The molecule has 4 heteroatoms. The molecule has 0 spiro atoms. The summed E-state index contributed by atoms with van der Waals surface area (Å²) >= 11 is 5.89. The summed E-state index contributed by atoms with van der Waals surface area (Å²) in [5.41, 5.74) is 6.81. The molecule has 0 aliphatic heterocycles. The monoisotopic (exact) mass is 295 g/mol. The topological polar surface area (TPSA) is 37.3 Å². The Hall–Kier alpha value is -2.39. The van der Waals surface area contributed by atoms with E-state index >= 15 is 0 Å². The van der Waals surface area contributed by atoms with Crippen molar-refractivity contribution in [3.63, 3.8) is 0 Å². The van der Waals surface area contributed by atoms with Gasteiger partial charge in [-0.25, -0.2) is 0 Å². The van der Waals surface area contributed by atoms with Crippen LogP contribution in [0.3, 0.4) is 0 Å². The zero-order valence-electron chi connectivity index (χ0n) is 11.5. The lowest BCUT2D eigenvalue weighted by molar-refractivity contribution is 1.31. The van der Waals surface area contributed by atoms with E-state index in [0.29, 0.717) is 0 Å². The van der Waals surface area contributed by atoms with E-state index in [1.165, 1.54) is 0 Å². The third kappa shape index (κ3) is 3.03. The van der Waals surface area contributed by atoms with Crippen LogP contribution in [0.4, 0.5) is 5.69 Å². The normalized spacial score (nSPS) is 11.6. The summed E-state index contributed by atoms with van der Waals surface area (Å²) in [7, 11) is 0. The number of hydrogen-bond donors (Lipinski definition) is 1. The smallest absolute Gasteiger partial charge is 0.0951 e. The Morgan fingerprint density at radius 3 is 2.62 bits per heavy atom. The maximum Gasteiger partial charge on any atom is 0.0951 e. The summed E-state index contributed by atoms with van der Waals surface area (Å²) in [5, 5.41) is 6.23. The fourth-order valence-electron chi connectivity index (χ4n) is 2.09. The van der Waals surface area contributed by atoms with Gasteiger partial charge >= 0.3 is 0 Å². The highest BCUT2D eigenvalue weighted by Crippen LogP contribution is 2.20. The van der Waals surface area contributed by atoms with Crippen LogP contribution < -0.4 is 5.43 Å². The Kier molecular flexibility index (Phi) is 3.84. The van der Waals surface area contributed by atoms with Gasteiger partial charge in [-0.2, -0.15) is 5.10 Å². The van der Waals surface area contributed by atoms with Crippen molar-refractivity contribution in [3.05, 3.63) is 71.4 Å². The highest BCUT2D eigenvalue weighted by Gasteiger charge is 2.01. The van der Waals surface area contributed by atoms with Gasteiger partial charge in [0.2, 0.25) is 0 Å². The number of rotatable bonds is 3. The third-order valence-corrected chi connectivity index (χ3v) is 3.49. The molecular formula is C17H14ClN3. The van der Waals surface area contributed by atoms with E-state index in [-0.39, 0.29) is 0 Å². The van der Waals surface area contributed by atoms with Crippen LogP contribution in [0.15, 0.2) is 65.9 Å². The zero-order chi connectivity index (χ0) is 14.7. The maximum atomic E-state index is 5.89. The summed E-state index contributed by atoms with van der Waals surface area (Å²) in [6.45, 7) is 1.95. The molecule has 3 rings (SSSR count). The van der Waals surface area contributed by atoms with Gasteiger partial charge in [-0.15, -0.1) is 0 Å². The number of fused-ring (bicyclic) bond motifs is 1. The fraction of sp³-hybridized carbons (Fsp3) is 0.0588. The Balaban J connectivity index is 1.88. The van der Waals surface area contributed by atoms with E-state index in [1.807, 2.05) is 61.5 Å². The second-order valence-electron chi connectivity index (χ2n) is 4.70. The number of benzene rings is 2. The van der Waals surface area contributed by atoms with Crippen molar-refractivity contribution in [2.45, 2.75) is 6.92 Å². The van der Waals surface area contributed by atoms with E-state index in [9.17, 15) is 0 Å². The standard InChI is InChI=1S/C17H14ClN3/c1-12(13-7-9-15(18)10-8-13)20-21-16-6-2-4-14-5-3-11-19-17(14)16/h2-11,21H,1H3. The average molecular weight is 296 g/mol. The molecule has 0 fully saturated rings. The van der Waals surface area contributed by atoms with Crippen molar-refractivity contribution < 1.29 is 0 Å². The van der Waals surface area contributed by atoms with E-state index in [0.717, 1.165) is 32.9 Å². The van der Waals surface area contributed by atoms with Gasteiger partial charge in [0, 0.05) is 16.6 Å². The zero-order valence-corrected chi connectivity index (χ0v) is 12.3. The number of anilines is 1. The fourth-order valence-corrected chi connectivity index (χ4v) is 2.22. The van der Waals surface area contributed by atoms with Crippen LogP contribution in [-0.4, -0.2) is 10.7 Å². The molecule has 2 aromatic carbocycles. The van der Waals surface area contributed by atoms with Crippen LogP contribution in [0.1, 0.15) is 12.5 Å². The molecule has 0 saturated heterocycles. The van der Waals surface area contributed by atoms with Crippen molar-refractivity contribution in [2.24, 2.45) is 5.10 Å². The first-order chi connectivity index (χ1) is 10.2. The summed E-state index contributed by atoms with van der Waals surface area (Å²) < 4.78 is 0.